The molecule has 0 aliphatic heterocycles. The Hall–Kier alpha value is 0.661. The molecule has 0 atom stereocenters. The maximum absolute atomic E-state index is 7.12. The molecule has 58 valence electrons. The number of hydrogen-bond acceptors (Lipinski definition) is 4. The molecule has 4 N–H and O–H groups in total. The molecule has 1 rings (SSSR count). The smallest absolute Gasteiger partial charge is 0.0451 e. The van der Waals surface area contributed by atoms with Gasteiger partial charge in [-0.1, -0.05) is 0 Å². The first-order chi connectivity index (χ1) is 4.41. The third-order valence-corrected chi connectivity index (χ3v) is 0.478. The van der Waals surface area contributed by atoms with Crippen molar-refractivity contribution in [2.75, 3.05) is 0 Å². The Kier molecular flexibility index (Phi) is 27.2. The van der Waals surface area contributed by atoms with Gasteiger partial charge in [-0.2, -0.15) is 0 Å². The Labute approximate surface area is 108 Å². The van der Waals surface area contributed by atoms with E-state index >= 15 is 0 Å². The number of aromatic nitrogens is 2. The minimum absolute atomic E-state index is 0. The third kappa shape index (κ3) is 18.0. The first-order valence-corrected chi connectivity index (χ1v) is 2.33. The molecule has 1 heterocycles. The number of rotatable bonds is 0. The predicted octanol–water partition coefficient (Wildman–Crippen LogP) is -2.76. The molecule has 0 saturated carbocycles. The second-order valence-corrected chi connectivity index (χ2v) is 1.04. The van der Waals surface area contributed by atoms with Crippen molar-refractivity contribution in [2.24, 2.45) is 0 Å². The molecule has 0 saturated heterocycles. The topological polar surface area (TPSA) is 97.7 Å². The van der Waals surface area contributed by atoms with E-state index in [-0.39, 0.29) is 56.9 Å². The molecule has 0 amide bonds. The molecule has 1 aromatic heterocycles. The van der Waals surface area contributed by atoms with Crippen molar-refractivity contribution in [3.05, 3.63) is 24.8 Å². The van der Waals surface area contributed by atoms with Crippen molar-refractivity contribution in [3.63, 3.8) is 0 Å². The van der Waals surface area contributed by atoms with Crippen LogP contribution in [0.4, 0.5) is 0 Å². The summed E-state index contributed by atoms with van der Waals surface area (Å²) in [5.74, 6) is 0. The predicted molar refractivity (Wildman–Crippen MR) is 44.4 cm³/mol. The van der Waals surface area contributed by atoms with E-state index in [9.17, 15) is 0 Å². The van der Waals surface area contributed by atoms with Crippen LogP contribution >= 0.6 is 0 Å². The number of nitrogens with zero attached hydrogens (tertiary/aromatic N) is 2. The van der Waals surface area contributed by atoms with Crippen molar-refractivity contribution in [2.45, 2.75) is 0 Å². The second kappa shape index (κ2) is 17.0. The van der Waals surface area contributed by atoms with Gasteiger partial charge in [0.2, 0.25) is 0 Å². The van der Waals surface area contributed by atoms with Crippen molar-refractivity contribution < 1.29 is 15.5 Å². The van der Waals surface area contributed by atoms with Gasteiger partial charge in [0, 0.05) is 24.8 Å². The van der Waals surface area contributed by atoms with E-state index < -0.39 is 7.69 Å². The van der Waals surface area contributed by atoms with E-state index in [0.717, 1.165) is 0 Å². The Bertz CT molecular complexity index is 106. The van der Waals surface area contributed by atoms with E-state index in [1.165, 1.54) is 0 Å². The maximum atomic E-state index is 7.12. The summed E-state index contributed by atoms with van der Waals surface area (Å²) < 4.78 is 0. The average molecular weight is 184 g/mol. The minimum atomic E-state index is -0.750. The fourth-order valence-corrected chi connectivity index (χ4v) is 0.253. The van der Waals surface area contributed by atoms with Crippen LogP contribution in [-0.4, -0.2) is 84.6 Å². The molecule has 0 radical (unpaired) electrons. The summed E-state index contributed by atoms with van der Waals surface area (Å²) in [5.41, 5.74) is 0. The minimum Gasteiger partial charge on any atom is -0.262 e. The zero-order valence-electron chi connectivity index (χ0n) is 5.31. The first-order valence-electron chi connectivity index (χ1n) is 2.33. The summed E-state index contributed by atoms with van der Waals surface area (Å²) in [6, 6.07) is 0. The standard InChI is InChI=1S/C4H4N2.BH3O2.K.H2O.H/c1-2-6-4-3-5-1;2-1-3;;;/h1-4H;1-3H;;1H2;. The normalized spacial score (nSPS) is 5.64. The van der Waals surface area contributed by atoms with Gasteiger partial charge in [0.1, 0.15) is 0 Å². The van der Waals surface area contributed by atoms with Crippen LogP contribution in [0.15, 0.2) is 24.8 Å². The zero-order valence-corrected chi connectivity index (χ0v) is 5.31. The summed E-state index contributed by atoms with van der Waals surface area (Å²) in [5, 5.41) is 14.2. The molecule has 0 aromatic carbocycles. The Balaban J connectivity index is -0.000000116. The molecular weight excluding hydrogens is 174 g/mol. The third-order valence-electron chi connectivity index (χ3n) is 0.478. The summed E-state index contributed by atoms with van der Waals surface area (Å²) in [6.45, 7) is 0. The fourth-order valence-electron chi connectivity index (χ4n) is 0.253. The maximum Gasteiger partial charge on any atom is 0.0451 e. The molecule has 5 nitrogen and oxygen atoms in total. The molecule has 0 spiro atoms. The molecule has 0 aliphatic carbocycles. The van der Waals surface area contributed by atoms with E-state index in [1.54, 1.807) is 24.8 Å². The van der Waals surface area contributed by atoms with Crippen LogP contribution in [0.5, 0.6) is 0 Å². The van der Waals surface area contributed by atoms with Gasteiger partial charge in [-0.25, -0.2) is 0 Å². The van der Waals surface area contributed by atoms with Crippen LogP contribution in [-0.2, 0) is 0 Å². The Morgan fingerprint density at radius 1 is 0.909 bits per heavy atom. The molecule has 1 aromatic rings. The van der Waals surface area contributed by atoms with E-state index in [2.05, 4.69) is 9.97 Å². The summed E-state index contributed by atoms with van der Waals surface area (Å²) in [6.07, 6.45) is 6.56. The summed E-state index contributed by atoms with van der Waals surface area (Å²) in [4.78, 5) is 7.44. The van der Waals surface area contributed by atoms with Gasteiger partial charge in [0.15, 0.2) is 0 Å². The van der Waals surface area contributed by atoms with Gasteiger partial charge in [-0.05, 0) is 0 Å². The quantitative estimate of drug-likeness (QED) is 0.427. The fraction of sp³-hybridized carbons (Fsp3) is 0. The summed E-state index contributed by atoms with van der Waals surface area (Å²) in [7, 11) is -0.750. The van der Waals surface area contributed by atoms with Gasteiger partial charge in [-0.3, -0.25) is 9.97 Å². The first kappa shape index (κ1) is 17.7. The van der Waals surface area contributed by atoms with Crippen molar-refractivity contribution >= 4 is 59.1 Å². The molecule has 0 bridgehead atoms. The summed E-state index contributed by atoms with van der Waals surface area (Å²) >= 11 is 0. The van der Waals surface area contributed by atoms with Crippen LogP contribution in [0.3, 0.4) is 0 Å². The van der Waals surface area contributed by atoms with Crippen molar-refractivity contribution in [1.82, 2.24) is 9.97 Å². The molecule has 7 heteroatoms. The largest absolute Gasteiger partial charge is 0.262 e. The van der Waals surface area contributed by atoms with Gasteiger partial charge < -0.3 is 15.5 Å². The Morgan fingerprint density at radius 2 is 1.09 bits per heavy atom. The molecular formula is C4H10BKN2O3. The van der Waals surface area contributed by atoms with E-state index in [4.69, 9.17) is 10.0 Å². The monoisotopic (exact) mass is 184 g/mol. The van der Waals surface area contributed by atoms with Gasteiger partial charge in [-0.15, -0.1) is 0 Å². The van der Waals surface area contributed by atoms with Crippen LogP contribution in [0.2, 0.25) is 0 Å². The van der Waals surface area contributed by atoms with Gasteiger partial charge in [0.25, 0.3) is 0 Å². The molecule has 0 fully saturated rings. The van der Waals surface area contributed by atoms with E-state index in [0.29, 0.717) is 0 Å². The average Bonchev–Trinajstić information content (AvgIpc) is 1.93. The zero-order chi connectivity index (χ0) is 6.95. The number of hydrogen-bond donors (Lipinski definition) is 2. The second-order valence-electron chi connectivity index (χ2n) is 1.04. The van der Waals surface area contributed by atoms with Gasteiger partial charge >= 0.3 is 59.1 Å². The van der Waals surface area contributed by atoms with E-state index in [1.807, 2.05) is 0 Å². The van der Waals surface area contributed by atoms with Crippen LogP contribution in [0.1, 0.15) is 0 Å². The van der Waals surface area contributed by atoms with Crippen LogP contribution < -0.4 is 0 Å². The van der Waals surface area contributed by atoms with Gasteiger partial charge in [0.05, 0.1) is 0 Å². The van der Waals surface area contributed by atoms with Crippen molar-refractivity contribution in [1.29, 1.82) is 0 Å². The van der Waals surface area contributed by atoms with Crippen molar-refractivity contribution in [3.8, 4) is 0 Å². The molecule has 0 unspecified atom stereocenters. The molecule has 0 aliphatic rings. The van der Waals surface area contributed by atoms with Crippen LogP contribution in [0, 0.1) is 0 Å². The molecule has 11 heavy (non-hydrogen) atoms. The Morgan fingerprint density at radius 3 is 1.18 bits per heavy atom. The SMILES string of the molecule is O.OBO.[KH].c1cnccn1. The van der Waals surface area contributed by atoms with Crippen LogP contribution in [0.25, 0.3) is 0 Å².